The summed E-state index contributed by atoms with van der Waals surface area (Å²) < 4.78 is 5.55. The Morgan fingerprint density at radius 2 is 2.13 bits per heavy atom. The van der Waals surface area contributed by atoms with Gasteiger partial charge in [0.05, 0.1) is 17.2 Å². The molecule has 3 N–H and O–H groups in total. The molecule has 4 rings (SSSR count). The number of nitrogens with zero attached hydrogens (tertiary/aromatic N) is 3. The average molecular weight is 321 g/mol. The van der Waals surface area contributed by atoms with Crippen molar-refractivity contribution in [1.29, 1.82) is 5.26 Å². The van der Waals surface area contributed by atoms with Gasteiger partial charge in [-0.25, -0.2) is 0 Å². The molecule has 1 aliphatic heterocycles. The van der Waals surface area contributed by atoms with E-state index in [0.29, 0.717) is 11.5 Å². The van der Waals surface area contributed by atoms with E-state index in [2.05, 4.69) is 21.3 Å². The summed E-state index contributed by atoms with van der Waals surface area (Å²) in [5, 5.41) is 20.8. The maximum atomic E-state index is 9.55. The van der Waals surface area contributed by atoms with E-state index in [1.807, 2.05) is 29.0 Å². The zero-order chi connectivity index (χ0) is 15.8. The van der Waals surface area contributed by atoms with Crippen molar-refractivity contribution in [3.05, 3.63) is 63.9 Å². The summed E-state index contributed by atoms with van der Waals surface area (Å²) in [5.74, 6) is 0.213. The fraction of sp³-hybridized carbons (Fsp3) is 0.0625. The second-order valence-corrected chi connectivity index (χ2v) is 5.81. The molecule has 7 heteroatoms. The number of nitrogens with one attached hydrogen (secondary N) is 1. The monoisotopic (exact) mass is 321 g/mol. The van der Waals surface area contributed by atoms with Crippen molar-refractivity contribution < 1.29 is 4.74 Å². The molecule has 0 amide bonds. The molecule has 0 aromatic carbocycles. The lowest BCUT2D eigenvalue weighted by molar-refractivity contribution is 0.379. The van der Waals surface area contributed by atoms with Gasteiger partial charge >= 0.3 is 0 Å². The summed E-state index contributed by atoms with van der Waals surface area (Å²) in [4.78, 5) is 4.03. The molecule has 3 aromatic heterocycles. The SMILES string of the molecule is N#CC1=C(N)Oc2n[nH]c(-c3ccncc3)c2[C@H]1c1ccsc1. The fourth-order valence-electron chi connectivity index (χ4n) is 2.76. The highest BCUT2D eigenvalue weighted by Gasteiger charge is 2.35. The molecular weight excluding hydrogens is 310 g/mol. The van der Waals surface area contributed by atoms with E-state index < -0.39 is 0 Å². The number of nitrogens with two attached hydrogens (primary N) is 1. The van der Waals surface area contributed by atoms with Crippen LogP contribution in [0.15, 0.2) is 52.8 Å². The second kappa shape index (κ2) is 5.26. The van der Waals surface area contributed by atoms with Crippen LogP contribution in [0.1, 0.15) is 17.0 Å². The third-order valence-corrected chi connectivity index (χ3v) is 4.49. The van der Waals surface area contributed by atoms with E-state index in [0.717, 1.165) is 22.4 Å². The number of H-pyrrole nitrogens is 1. The van der Waals surface area contributed by atoms with E-state index in [9.17, 15) is 5.26 Å². The molecule has 0 spiro atoms. The lowest BCUT2D eigenvalue weighted by atomic mass is 9.84. The molecule has 0 aliphatic carbocycles. The summed E-state index contributed by atoms with van der Waals surface area (Å²) in [6.07, 6.45) is 3.42. The first-order valence-corrected chi connectivity index (χ1v) is 7.82. The molecule has 6 nitrogen and oxygen atoms in total. The Morgan fingerprint density at radius 3 is 2.83 bits per heavy atom. The van der Waals surface area contributed by atoms with Gasteiger partial charge in [-0.1, -0.05) is 0 Å². The van der Waals surface area contributed by atoms with Crippen molar-refractivity contribution in [2.45, 2.75) is 5.92 Å². The minimum Gasteiger partial charge on any atom is -0.420 e. The Balaban J connectivity index is 1.96. The number of hydrogen-bond acceptors (Lipinski definition) is 6. The molecule has 0 saturated heterocycles. The highest BCUT2D eigenvalue weighted by molar-refractivity contribution is 7.08. The average Bonchev–Trinajstić information content (AvgIpc) is 3.24. The van der Waals surface area contributed by atoms with E-state index in [1.165, 1.54) is 0 Å². The van der Waals surface area contributed by atoms with E-state index in [4.69, 9.17) is 10.5 Å². The molecule has 112 valence electrons. The summed E-state index contributed by atoms with van der Waals surface area (Å²) in [7, 11) is 0. The van der Waals surface area contributed by atoms with Crippen LogP contribution in [-0.2, 0) is 0 Å². The number of fused-ring (bicyclic) bond motifs is 1. The molecule has 3 aromatic rings. The van der Waals surface area contributed by atoms with Gasteiger partial charge in [-0.2, -0.15) is 16.6 Å². The highest BCUT2D eigenvalue weighted by atomic mass is 32.1. The zero-order valence-corrected chi connectivity index (χ0v) is 12.7. The first kappa shape index (κ1) is 13.5. The molecule has 0 unspecified atom stereocenters. The molecule has 0 fully saturated rings. The third-order valence-electron chi connectivity index (χ3n) is 3.78. The molecule has 0 radical (unpaired) electrons. The predicted octanol–water partition coefficient (Wildman–Crippen LogP) is 2.75. The molecule has 0 saturated carbocycles. The summed E-state index contributed by atoms with van der Waals surface area (Å²) >= 11 is 1.57. The number of hydrogen-bond donors (Lipinski definition) is 2. The van der Waals surface area contributed by atoms with Crippen molar-refractivity contribution >= 4 is 11.3 Å². The third kappa shape index (κ3) is 2.08. The maximum absolute atomic E-state index is 9.55. The quantitative estimate of drug-likeness (QED) is 0.756. The van der Waals surface area contributed by atoms with Gasteiger partial charge in [-0.05, 0) is 34.5 Å². The second-order valence-electron chi connectivity index (χ2n) is 5.03. The number of rotatable bonds is 2. The molecule has 1 aliphatic rings. The number of ether oxygens (including phenoxy) is 1. The molecule has 1 atom stereocenters. The van der Waals surface area contributed by atoms with Crippen LogP contribution in [0.5, 0.6) is 5.88 Å². The zero-order valence-electron chi connectivity index (χ0n) is 11.9. The molecule has 4 heterocycles. The molecular formula is C16H11N5OS. The van der Waals surface area contributed by atoms with Gasteiger partial charge in [0.2, 0.25) is 11.8 Å². The Bertz CT molecular complexity index is 921. The topological polar surface area (TPSA) is 101 Å². The van der Waals surface area contributed by atoms with Gasteiger partial charge in [0, 0.05) is 18.0 Å². The highest BCUT2D eigenvalue weighted by Crippen LogP contribution is 2.45. The summed E-state index contributed by atoms with van der Waals surface area (Å²) in [6.45, 7) is 0. The number of nitriles is 1. The Morgan fingerprint density at radius 1 is 1.30 bits per heavy atom. The molecule has 23 heavy (non-hydrogen) atoms. The van der Waals surface area contributed by atoms with E-state index in [1.54, 1.807) is 23.7 Å². The van der Waals surface area contributed by atoms with Crippen molar-refractivity contribution in [2.75, 3.05) is 0 Å². The predicted molar refractivity (Wildman–Crippen MR) is 85.4 cm³/mol. The van der Waals surface area contributed by atoms with Crippen LogP contribution >= 0.6 is 11.3 Å². The van der Waals surface area contributed by atoms with Gasteiger partial charge < -0.3 is 10.5 Å². The standard InChI is InChI=1S/C16H11N5OS/c17-7-11-12(10-3-6-23-8-10)13-14(9-1-4-19-5-2-9)20-21-16(13)22-15(11)18/h1-6,8,12H,18H2,(H,20,21)/t12-/m0/s1. The van der Waals surface area contributed by atoms with Gasteiger partial charge in [-0.3, -0.25) is 10.1 Å². The number of allylic oxidation sites excluding steroid dienone is 1. The van der Waals surface area contributed by atoms with Crippen LogP contribution in [0.25, 0.3) is 11.3 Å². The minimum absolute atomic E-state index is 0.101. The van der Waals surface area contributed by atoms with Crippen molar-refractivity contribution in [3.8, 4) is 23.2 Å². The van der Waals surface area contributed by atoms with Gasteiger partial charge in [0.1, 0.15) is 11.6 Å². The Labute approximate surface area is 135 Å². The normalized spacial score (nSPS) is 16.6. The van der Waals surface area contributed by atoms with E-state index >= 15 is 0 Å². The van der Waals surface area contributed by atoms with Crippen LogP contribution in [0.2, 0.25) is 0 Å². The lowest BCUT2D eigenvalue weighted by Crippen LogP contribution is -2.20. The van der Waals surface area contributed by atoms with Gasteiger partial charge in [0.25, 0.3) is 0 Å². The lowest BCUT2D eigenvalue weighted by Gasteiger charge is -2.23. The molecule has 0 bridgehead atoms. The van der Waals surface area contributed by atoms with Crippen LogP contribution in [-0.4, -0.2) is 15.2 Å². The largest absolute Gasteiger partial charge is 0.420 e. The summed E-state index contributed by atoms with van der Waals surface area (Å²) in [6, 6.07) is 7.93. The minimum atomic E-state index is -0.295. The van der Waals surface area contributed by atoms with Gasteiger partial charge in [0.15, 0.2) is 0 Å². The number of thiophene rings is 1. The first-order valence-electron chi connectivity index (χ1n) is 6.88. The van der Waals surface area contributed by atoms with Crippen LogP contribution in [0.3, 0.4) is 0 Å². The number of pyridine rings is 1. The van der Waals surface area contributed by atoms with Crippen LogP contribution < -0.4 is 10.5 Å². The Hall–Kier alpha value is -3.11. The van der Waals surface area contributed by atoms with Crippen LogP contribution in [0, 0.1) is 11.3 Å². The summed E-state index contributed by atoms with van der Waals surface area (Å²) in [5.41, 5.74) is 9.87. The smallest absolute Gasteiger partial charge is 0.244 e. The van der Waals surface area contributed by atoms with Crippen LogP contribution in [0.4, 0.5) is 0 Å². The fourth-order valence-corrected chi connectivity index (χ4v) is 3.44. The number of aromatic amines is 1. The van der Waals surface area contributed by atoms with Crippen molar-refractivity contribution in [2.24, 2.45) is 5.73 Å². The van der Waals surface area contributed by atoms with Gasteiger partial charge in [-0.15, -0.1) is 5.10 Å². The maximum Gasteiger partial charge on any atom is 0.244 e. The van der Waals surface area contributed by atoms with Crippen molar-refractivity contribution in [3.63, 3.8) is 0 Å². The number of aromatic nitrogens is 3. The van der Waals surface area contributed by atoms with E-state index in [-0.39, 0.29) is 11.8 Å². The van der Waals surface area contributed by atoms with Crippen molar-refractivity contribution in [1.82, 2.24) is 15.2 Å². The first-order chi connectivity index (χ1) is 11.3. The Kier molecular flexibility index (Phi) is 3.10.